The lowest BCUT2D eigenvalue weighted by Gasteiger charge is -2.03. The van der Waals surface area contributed by atoms with E-state index >= 15 is 0 Å². The number of amides is 2. The first-order valence-corrected chi connectivity index (χ1v) is 6.41. The second-order valence-electron chi connectivity index (χ2n) is 4.31. The monoisotopic (exact) mass is 309 g/mol. The fraction of sp³-hybridized carbons (Fsp3) is 0.154. The topological polar surface area (TPSA) is 85.3 Å². The van der Waals surface area contributed by atoms with Crippen molar-refractivity contribution in [1.82, 2.24) is 15.2 Å². The highest BCUT2D eigenvalue weighted by molar-refractivity contribution is 6.32. The van der Waals surface area contributed by atoms with Crippen molar-refractivity contribution in [3.8, 4) is 0 Å². The standard InChI is InChI=1S/C13H13ClFN5O/c1-8-11(6-17-18-13(16)21)12(14)20(19-8)7-9-2-4-10(15)5-3-9/h2-6H,7H2,1H3,(H3,16,18,21)/b17-6-. The highest BCUT2D eigenvalue weighted by Crippen LogP contribution is 2.19. The number of hydrogen-bond acceptors (Lipinski definition) is 3. The second kappa shape index (κ2) is 6.36. The highest BCUT2D eigenvalue weighted by Gasteiger charge is 2.12. The maximum atomic E-state index is 12.9. The number of aromatic nitrogens is 2. The summed E-state index contributed by atoms with van der Waals surface area (Å²) in [5, 5.41) is 8.31. The fourth-order valence-electron chi connectivity index (χ4n) is 1.74. The lowest BCUT2D eigenvalue weighted by molar-refractivity contribution is 0.249. The number of nitrogens with one attached hydrogen (secondary N) is 1. The molecule has 0 radical (unpaired) electrons. The van der Waals surface area contributed by atoms with Gasteiger partial charge < -0.3 is 5.73 Å². The average Bonchev–Trinajstić information content (AvgIpc) is 2.68. The first-order valence-electron chi connectivity index (χ1n) is 6.03. The predicted octanol–water partition coefficient (Wildman–Crippen LogP) is 2.03. The number of aryl methyl sites for hydroxylation is 1. The molecule has 0 atom stereocenters. The zero-order chi connectivity index (χ0) is 15.4. The van der Waals surface area contributed by atoms with Crippen molar-refractivity contribution >= 4 is 23.8 Å². The average molecular weight is 310 g/mol. The maximum Gasteiger partial charge on any atom is 0.332 e. The minimum atomic E-state index is -0.765. The van der Waals surface area contributed by atoms with Crippen molar-refractivity contribution in [2.24, 2.45) is 10.8 Å². The Hall–Kier alpha value is -2.41. The van der Waals surface area contributed by atoms with Crippen molar-refractivity contribution < 1.29 is 9.18 Å². The first-order chi connectivity index (χ1) is 9.97. The van der Waals surface area contributed by atoms with Gasteiger partial charge in [-0.1, -0.05) is 23.7 Å². The molecule has 0 spiro atoms. The molecule has 0 aliphatic rings. The van der Waals surface area contributed by atoms with Gasteiger partial charge >= 0.3 is 6.03 Å². The summed E-state index contributed by atoms with van der Waals surface area (Å²) in [6.07, 6.45) is 1.37. The van der Waals surface area contributed by atoms with E-state index in [-0.39, 0.29) is 5.82 Å². The molecule has 8 heteroatoms. The Morgan fingerprint density at radius 3 is 2.81 bits per heavy atom. The lowest BCUT2D eigenvalue weighted by Crippen LogP contribution is -2.24. The Morgan fingerprint density at radius 1 is 1.52 bits per heavy atom. The van der Waals surface area contributed by atoms with E-state index in [0.717, 1.165) is 5.56 Å². The van der Waals surface area contributed by atoms with E-state index in [1.165, 1.54) is 18.3 Å². The van der Waals surface area contributed by atoms with E-state index in [1.807, 2.05) is 0 Å². The van der Waals surface area contributed by atoms with Crippen molar-refractivity contribution in [2.45, 2.75) is 13.5 Å². The highest BCUT2D eigenvalue weighted by atomic mass is 35.5. The van der Waals surface area contributed by atoms with Crippen LogP contribution in [0.5, 0.6) is 0 Å². The van der Waals surface area contributed by atoms with E-state index in [4.69, 9.17) is 17.3 Å². The van der Waals surface area contributed by atoms with Crippen LogP contribution in [0.3, 0.4) is 0 Å². The number of urea groups is 1. The molecule has 1 aromatic carbocycles. The third-order valence-corrected chi connectivity index (χ3v) is 3.12. The Morgan fingerprint density at radius 2 is 2.19 bits per heavy atom. The number of primary amides is 1. The molecular formula is C13H13ClFN5O. The summed E-state index contributed by atoms with van der Waals surface area (Å²) in [6, 6.07) is 5.30. The smallest absolute Gasteiger partial charge is 0.332 e. The predicted molar refractivity (Wildman–Crippen MR) is 77.8 cm³/mol. The number of halogens is 2. The van der Waals surface area contributed by atoms with Crippen molar-refractivity contribution in [3.63, 3.8) is 0 Å². The zero-order valence-electron chi connectivity index (χ0n) is 11.2. The van der Waals surface area contributed by atoms with Crippen LogP contribution in [0.25, 0.3) is 0 Å². The van der Waals surface area contributed by atoms with E-state index in [9.17, 15) is 9.18 Å². The summed E-state index contributed by atoms with van der Waals surface area (Å²) in [5.41, 5.74) is 9.08. The van der Waals surface area contributed by atoms with Gasteiger partial charge in [0, 0.05) is 0 Å². The summed E-state index contributed by atoms with van der Waals surface area (Å²) >= 11 is 6.22. The van der Waals surface area contributed by atoms with Crippen LogP contribution in [-0.2, 0) is 6.54 Å². The van der Waals surface area contributed by atoms with Gasteiger partial charge in [0.05, 0.1) is 24.0 Å². The van der Waals surface area contributed by atoms with Crippen LogP contribution < -0.4 is 11.2 Å². The Kier molecular flexibility index (Phi) is 4.54. The summed E-state index contributed by atoms with van der Waals surface area (Å²) < 4.78 is 14.4. The number of benzene rings is 1. The minimum Gasteiger partial charge on any atom is -0.350 e. The summed E-state index contributed by atoms with van der Waals surface area (Å²) in [7, 11) is 0. The Labute approximate surface area is 125 Å². The van der Waals surface area contributed by atoms with Crippen molar-refractivity contribution in [2.75, 3.05) is 0 Å². The van der Waals surface area contributed by atoms with Gasteiger partial charge in [-0.3, -0.25) is 0 Å². The molecular weight excluding hydrogens is 297 g/mol. The van der Waals surface area contributed by atoms with Gasteiger partial charge in [-0.05, 0) is 24.6 Å². The van der Waals surface area contributed by atoms with Crippen molar-refractivity contribution in [3.05, 3.63) is 52.1 Å². The van der Waals surface area contributed by atoms with Crippen LogP contribution in [0.15, 0.2) is 29.4 Å². The first kappa shape index (κ1) is 15.0. The Balaban J connectivity index is 2.20. The zero-order valence-corrected chi connectivity index (χ0v) is 11.9. The molecule has 2 rings (SSSR count). The van der Waals surface area contributed by atoms with Gasteiger partial charge in [0.25, 0.3) is 0 Å². The van der Waals surface area contributed by atoms with Crippen LogP contribution in [0.1, 0.15) is 16.8 Å². The number of rotatable bonds is 4. The maximum absolute atomic E-state index is 12.9. The molecule has 0 fully saturated rings. The van der Waals surface area contributed by atoms with Gasteiger partial charge in [-0.25, -0.2) is 19.3 Å². The SMILES string of the molecule is Cc1nn(Cc2ccc(F)cc2)c(Cl)c1/C=N\NC(N)=O. The van der Waals surface area contributed by atoms with Gasteiger partial charge in [0.15, 0.2) is 0 Å². The minimum absolute atomic E-state index is 0.299. The Bertz CT molecular complexity index is 681. The van der Waals surface area contributed by atoms with E-state index in [0.29, 0.717) is 23.0 Å². The third kappa shape index (κ3) is 3.79. The second-order valence-corrected chi connectivity index (χ2v) is 4.67. The summed E-state index contributed by atoms with van der Waals surface area (Å²) in [4.78, 5) is 10.5. The van der Waals surface area contributed by atoms with Gasteiger partial charge in [0.2, 0.25) is 0 Å². The molecule has 1 aromatic heterocycles. The van der Waals surface area contributed by atoms with Gasteiger partial charge in [-0.15, -0.1) is 0 Å². The lowest BCUT2D eigenvalue weighted by atomic mass is 10.2. The van der Waals surface area contributed by atoms with Crippen LogP contribution >= 0.6 is 11.6 Å². The molecule has 110 valence electrons. The van der Waals surface area contributed by atoms with Crippen LogP contribution in [0, 0.1) is 12.7 Å². The molecule has 2 aromatic rings. The number of nitrogens with zero attached hydrogens (tertiary/aromatic N) is 3. The molecule has 2 amide bonds. The molecule has 0 aliphatic carbocycles. The number of hydrogen-bond donors (Lipinski definition) is 2. The molecule has 21 heavy (non-hydrogen) atoms. The number of nitrogens with two attached hydrogens (primary N) is 1. The van der Waals surface area contributed by atoms with Gasteiger partial charge in [0.1, 0.15) is 11.0 Å². The number of carbonyl (C=O) groups excluding carboxylic acids is 1. The molecule has 1 heterocycles. The normalized spacial score (nSPS) is 11.0. The fourth-order valence-corrected chi connectivity index (χ4v) is 2.02. The molecule has 0 bridgehead atoms. The summed E-state index contributed by atoms with van der Waals surface area (Å²) in [6.45, 7) is 2.16. The molecule has 0 unspecified atom stereocenters. The number of hydrazone groups is 1. The van der Waals surface area contributed by atoms with Crippen LogP contribution in [0.4, 0.5) is 9.18 Å². The molecule has 6 nitrogen and oxygen atoms in total. The molecule has 3 N–H and O–H groups in total. The number of carbonyl (C=O) groups is 1. The third-order valence-electron chi connectivity index (χ3n) is 2.72. The van der Waals surface area contributed by atoms with E-state index < -0.39 is 6.03 Å². The quantitative estimate of drug-likeness (QED) is 0.669. The molecule has 0 aliphatic heterocycles. The van der Waals surface area contributed by atoms with Crippen molar-refractivity contribution in [1.29, 1.82) is 0 Å². The van der Waals surface area contributed by atoms with E-state index in [1.54, 1.807) is 23.7 Å². The summed E-state index contributed by atoms with van der Waals surface area (Å²) in [5.74, 6) is -0.299. The van der Waals surface area contributed by atoms with E-state index in [2.05, 4.69) is 15.6 Å². The molecule has 0 saturated heterocycles. The van der Waals surface area contributed by atoms with Crippen LogP contribution in [0.2, 0.25) is 5.15 Å². The largest absolute Gasteiger partial charge is 0.350 e. The van der Waals surface area contributed by atoms with Gasteiger partial charge in [-0.2, -0.15) is 10.2 Å². The molecule has 0 saturated carbocycles. The van der Waals surface area contributed by atoms with Crippen LogP contribution in [-0.4, -0.2) is 22.0 Å².